The number of thiazole rings is 1. The van der Waals surface area contributed by atoms with Crippen LogP contribution >= 0.6 is 11.3 Å². The van der Waals surface area contributed by atoms with Crippen LogP contribution in [0, 0.1) is 0 Å². The molecule has 2 aromatic rings. The summed E-state index contributed by atoms with van der Waals surface area (Å²) in [5.74, 6) is 0. The molecule has 0 aliphatic carbocycles. The lowest BCUT2D eigenvalue weighted by Gasteiger charge is -2.16. The summed E-state index contributed by atoms with van der Waals surface area (Å²) >= 11 is 1.22. The quantitative estimate of drug-likeness (QED) is 0.920. The number of likely N-dealkylation sites (tertiary alicyclic amines) is 1. The van der Waals surface area contributed by atoms with Gasteiger partial charge in [0.25, 0.3) is 10.0 Å². The maximum absolute atomic E-state index is 12.6. The van der Waals surface area contributed by atoms with E-state index in [0.29, 0.717) is 0 Å². The predicted octanol–water partition coefficient (Wildman–Crippen LogP) is 2.57. The zero-order chi connectivity index (χ0) is 16.3. The molecule has 0 spiro atoms. The van der Waals surface area contributed by atoms with Crippen molar-refractivity contribution in [1.29, 1.82) is 0 Å². The molecule has 1 aromatic carbocycles. The fraction of sp³-hybridized carbons (Fsp3) is 0.438. The molecule has 3 rings (SSSR count). The van der Waals surface area contributed by atoms with Crippen LogP contribution < -0.4 is 4.72 Å². The Morgan fingerprint density at radius 2 is 2.00 bits per heavy atom. The number of hydrogen-bond acceptors (Lipinski definition) is 5. The second-order valence-electron chi connectivity index (χ2n) is 5.90. The Bertz CT molecular complexity index is 744. The normalized spacial score (nSPS) is 20.3. The molecule has 0 amide bonds. The Morgan fingerprint density at radius 3 is 2.78 bits per heavy atom. The Morgan fingerprint density at radius 1 is 1.22 bits per heavy atom. The van der Waals surface area contributed by atoms with Crippen molar-refractivity contribution in [2.45, 2.75) is 29.5 Å². The zero-order valence-electron chi connectivity index (χ0n) is 13.1. The maximum atomic E-state index is 12.6. The molecule has 1 N–H and O–H groups in total. The van der Waals surface area contributed by atoms with Crippen molar-refractivity contribution in [3.8, 4) is 10.6 Å². The number of rotatable bonds is 4. The van der Waals surface area contributed by atoms with Gasteiger partial charge >= 0.3 is 0 Å². The van der Waals surface area contributed by atoms with Gasteiger partial charge in [0.15, 0.2) is 4.21 Å². The summed E-state index contributed by atoms with van der Waals surface area (Å²) in [5, 5.41) is 0.728. The number of nitrogens with zero attached hydrogens (tertiary/aromatic N) is 2. The Hall–Kier alpha value is -1.28. The van der Waals surface area contributed by atoms with E-state index in [1.54, 1.807) is 0 Å². The summed E-state index contributed by atoms with van der Waals surface area (Å²) in [4.78, 5) is 6.51. The molecule has 23 heavy (non-hydrogen) atoms. The number of benzene rings is 1. The second kappa shape index (κ2) is 7.09. The van der Waals surface area contributed by atoms with E-state index in [2.05, 4.69) is 21.7 Å². The number of aromatic nitrogens is 1. The molecule has 124 valence electrons. The van der Waals surface area contributed by atoms with Crippen LogP contribution in [-0.4, -0.2) is 44.5 Å². The molecule has 1 atom stereocenters. The number of hydrogen-bond donors (Lipinski definition) is 1. The smallest absolute Gasteiger partial charge is 0.251 e. The first kappa shape index (κ1) is 16.6. The van der Waals surface area contributed by atoms with Crippen molar-refractivity contribution in [3.05, 3.63) is 36.5 Å². The van der Waals surface area contributed by atoms with Crippen LogP contribution in [0.1, 0.15) is 19.3 Å². The summed E-state index contributed by atoms with van der Waals surface area (Å²) in [7, 11) is -1.42. The lowest BCUT2D eigenvalue weighted by atomic mass is 10.1. The van der Waals surface area contributed by atoms with Gasteiger partial charge in [-0.15, -0.1) is 11.3 Å². The van der Waals surface area contributed by atoms with Crippen LogP contribution in [0.5, 0.6) is 0 Å². The minimum Gasteiger partial charge on any atom is -0.306 e. The minimum atomic E-state index is -3.49. The summed E-state index contributed by atoms with van der Waals surface area (Å²) < 4.78 is 28.3. The van der Waals surface area contributed by atoms with Crippen molar-refractivity contribution in [1.82, 2.24) is 14.6 Å². The van der Waals surface area contributed by atoms with E-state index in [4.69, 9.17) is 0 Å². The molecule has 1 unspecified atom stereocenters. The van der Waals surface area contributed by atoms with Crippen molar-refractivity contribution in [3.63, 3.8) is 0 Å². The molecule has 1 aliphatic rings. The van der Waals surface area contributed by atoms with Crippen LogP contribution in [0.3, 0.4) is 0 Å². The highest BCUT2D eigenvalue weighted by Crippen LogP contribution is 2.28. The first-order valence-corrected chi connectivity index (χ1v) is 10.1. The van der Waals surface area contributed by atoms with E-state index in [1.807, 2.05) is 30.3 Å². The second-order valence-corrected chi connectivity index (χ2v) is 8.87. The largest absolute Gasteiger partial charge is 0.306 e. The van der Waals surface area contributed by atoms with Crippen LogP contribution in [0.4, 0.5) is 0 Å². The van der Waals surface area contributed by atoms with E-state index < -0.39 is 10.0 Å². The summed E-state index contributed by atoms with van der Waals surface area (Å²) in [5.41, 5.74) is 0.940. The third-order valence-corrected chi connectivity index (χ3v) is 7.07. The average Bonchev–Trinajstić information content (AvgIpc) is 2.96. The maximum Gasteiger partial charge on any atom is 0.251 e. The lowest BCUT2D eigenvalue weighted by Crippen LogP contribution is -2.35. The topological polar surface area (TPSA) is 62.3 Å². The van der Waals surface area contributed by atoms with Crippen LogP contribution in [0.25, 0.3) is 10.6 Å². The van der Waals surface area contributed by atoms with Gasteiger partial charge in [0.2, 0.25) is 0 Å². The van der Waals surface area contributed by atoms with Gasteiger partial charge < -0.3 is 4.90 Å². The van der Waals surface area contributed by atoms with Crippen molar-refractivity contribution >= 4 is 21.4 Å². The third kappa shape index (κ3) is 4.17. The summed E-state index contributed by atoms with van der Waals surface area (Å²) in [6.45, 7) is 1.95. The highest BCUT2D eigenvalue weighted by molar-refractivity contribution is 7.91. The Kier molecular flexibility index (Phi) is 5.11. The van der Waals surface area contributed by atoms with E-state index >= 15 is 0 Å². The van der Waals surface area contributed by atoms with Gasteiger partial charge in [-0.1, -0.05) is 30.3 Å². The zero-order valence-corrected chi connectivity index (χ0v) is 14.7. The molecule has 0 radical (unpaired) electrons. The van der Waals surface area contributed by atoms with Crippen LogP contribution in [0.15, 0.2) is 40.7 Å². The van der Waals surface area contributed by atoms with Gasteiger partial charge in [0.1, 0.15) is 5.01 Å². The molecule has 0 bridgehead atoms. The van der Waals surface area contributed by atoms with Gasteiger partial charge in [0.05, 0.1) is 6.20 Å². The van der Waals surface area contributed by atoms with Crippen molar-refractivity contribution < 1.29 is 8.42 Å². The van der Waals surface area contributed by atoms with Gasteiger partial charge in [-0.3, -0.25) is 0 Å². The van der Waals surface area contributed by atoms with Gasteiger partial charge in [-0.05, 0) is 39.4 Å². The molecule has 2 heterocycles. The molecular formula is C16H21N3O2S2. The number of sulfonamides is 1. The number of nitrogens with one attached hydrogen (secondary N) is 1. The highest BCUT2D eigenvalue weighted by atomic mass is 32.2. The first-order valence-electron chi connectivity index (χ1n) is 7.77. The molecule has 1 saturated heterocycles. The summed E-state index contributed by atoms with van der Waals surface area (Å²) in [6, 6.07) is 9.65. The van der Waals surface area contributed by atoms with Crippen LogP contribution in [0.2, 0.25) is 0 Å². The molecule has 1 aromatic heterocycles. The average molecular weight is 351 g/mol. The predicted molar refractivity (Wildman–Crippen MR) is 93.0 cm³/mol. The minimum absolute atomic E-state index is 0.00669. The molecule has 5 nitrogen and oxygen atoms in total. The first-order chi connectivity index (χ1) is 11.0. The van der Waals surface area contributed by atoms with Gasteiger partial charge in [-0.25, -0.2) is 18.1 Å². The SMILES string of the molecule is CN1CCCC(NS(=O)(=O)c2cnc(-c3ccccc3)s2)CC1. The fourth-order valence-corrected chi connectivity index (χ4v) is 5.19. The van der Waals surface area contributed by atoms with E-state index in [9.17, 15) is 8.42 Å². The lowest BCUT2D eigenvalue weighted by molar-refractivity contribution is 0.346. The van der Waals surface area contributed by atoms with Gasteiger partial charge in [0, 0.05) is 11.6 Å². The Labute approximate surface area is 141 Å². The van der Waals surface area contributed by atoms with E-state index in [0.717, 1.165) is 42.9 Å². The molecule has 7 heteroatoms. The molecule has 0 saturated carbocycles. The van der Waals surface area contributed by atoms with Gasteiger partial charge in [-0.2, -0.15) is 0 Å². The summed E-state index contributed by atoms with van der Waals surface area (Å²) in [6.07, 6.45) is 4.20. The molecular weight excluding hydrogens is 330 g/mol. The molecule has 1 fully saturated rings. The third-order valence-electron chi connectivity index (χ3n) is 4.04. The Balaban J connectivity index is 1.74. The standard InChI is InChI=1S/C16H21N3O2S2/c1-19-10-5-8-14(9-11-19)18-23(20,21)15-12-17-16(22-15)13-6-3-2-4-7-13/h2-4,6-7,12,14,18H,5,8-11H2,1H3. The van der Waals surface area contributed by atoms with Crippen molar-refractivity contribution in [2.75, 3.05) is 20.1 Å². The monoisotopic (exact) mass is 351 g/mol. The van der Waals surface area contributed by atoms with Crippen molar-refractivity contribution in [2.24, 2.45) is 0 Å². The van der Waals surface area contributed by atoms with E-state index in [-0.39, 0.29) is 10.3 Å². The van der Waals surface area contributed by atoms with Crippen LogP contribution in [-0.2, 0) is 10.0 Å². The molecule has 1 aliphatic heterocycles. The highest BCUT2D eigenvalue weighted by Gasteiger charge is 2.24. The fourth-order valence-electron chi connectivity index (χ4n) is 2.73. The van der Waals surface area contributed by atoms with E-state index in [1.165, 1.54) is 17.5 Å².